The minimum Gasteiger partial charge on any atom is -0.368 e. The molecule has 1 saturated heterocycles. The molecular weight excluding hydrogens is 272 g/mol. The first-order chi connectivity index (χ1) is 10.6. The molecule has 1 N–H and O–H groups in total. The molecule has 2 aliphatic rings. The number of piperidine rings is 1. The molecule has 1 unspecified atom stereocenters. The van der Waals surface area contributed by atoms with E-state index in [0.29, 0.717) is 12.1 Å². The number of hydrogen-bond acceptors (Lipinski definition) is 4. The monoisotopic (exact) mass is 302 g/mol. The molecule has 0 bridgehead atoms. The van der Waals surface area contributed by atoms with Crippen molar-refractivity contribution in [3.63, 3.8) is 0 Å². The zero-order valence-corrected chi connectivity index (χ0v) is 14.2. The molecule has 0 amide bonds. The third-order valence-corrected chi connectivity index (χ3v) is 4.73. The number of nitrogens with one attached hydrogen (secondary N) is 1. The molecule has 2 aliphatic heterocycles. The van der Waals surface area contributed by atoms with Crippen LogP contribution in [0.15, 0.2) is 49.1 Å². The fourth-order valence-electron chi connectivity index (χ4n) is 3.12. The van der Waals surface area contributed by atoms with Gasteiger partial charge in [-0.3, -0.25) is 4.90 Å². The second-order valence-electron chi connectivity index (χ2n) is 6.19. The fraction of sp³-hybridized carbons (Fsp3) is 0.556. The first-order valence-electron chi connectivity index (χ1n) is 8.22. The van der Waals surface area contributed by atoms with Gasteiger partial charge in [0.05, 0.1) is 0 Å². The molecule has 0 spiro atoms. The first kappa shape index (κ1) is 16.7. The van der Waals surface area contributed by atoms with Crippen LogP contribution < -0.4 is 5.32 Å². The number of nitrogens with zero attached hydrogens (tertiary/aromatic N) is 3. The summed E-state index contributed by atoms with van der Waals surface area (Å²) >= 11 is 0. The van der Waals surface area contributed by atoms with E-state index in [0.717, 1.165) is 19.6 Å². The van der Waals surface area contributed by atoms with Crippen molar-refractivity contribution < 1.29 is 0 Å². The van der Waals surface area contributed by atoms with Crippen molar-refractivity contribution in [3.8, 4) is 0 Å². The predicted molar refractivity (Wildman–Crippen MR) is 94.1 cm³/mol. The van der Waals surface area contributed by atoms with E-state index < -0.39 is 0 Å². The number of likely N-dealkylation sites (tertiary alicyclic amines) is 1. The molecule has 0 saturated carbocycles. The quantitative estimate of drug-likeness (QED) is 0.805. The molecule has 1 atom stereocenters. The molecule has 0 aromatic rings. The lowest BCUT2D eigenvalue weighted by Crippen LogP contribution is -2.46. The Balaban J connectivity index is 2.04. The first-order valence-corrected chi connectivity index (χ1v) is 8.22. The summed E-state index contributed by atoms with van der Waals surface area (Å²) in [5.41, 5.74) is 0. The third-order valence-electron chi connectivity index (χ3n) is 4.73. The van der Waals surface area contributed by atoms with Crippen molar-refractivity contribution in [2.75, 3.05) is 33.7 Å². The summed E-state index contributed by atoms with van der Waals surface area (Å²) in [4.78, 5) is 7.27. The smallest absolute Gasteiger partial charge is 0.104 e. The molecule has 2 rings (SSSR count). The number of allylic oxidation sites excluding steroid dienone is 2. The molecule has 4 nitrogen and oxygen atoms in total. The van der Waals surface area contributed by atoms with E-state index in [1.54, 1.807) is 0 Å². The molecule has 1 fully saturated rings. The number of rotatable bonds is 4. The van der Waals surface area contributed by atoms with Gasteiger partial charge in [0, 0.05) is 52.0 Å². The molecule has 4 heteroatoms. The van der Waals surface area contributed by atoms with Crippen LogP contribution in [0.4, 0.5) is 0 Å². The predicted octanol–water partition coefficient (Wildman–Crippen LogP) is 2.36. The van der Waals surface area contributed by atoms with E-state index in [1.807, 2.05) is 18.5 Å². The van der Waals surface area contributed by atoms with Crippen LogP contribution in [0.1, 0.15) is 19.8 Å². The van der Waals surface area contributed by atoms with E-state index in [9.17, 15) is 0 Å². The molecule has 0 aromatic heterocycles. The Hall–Kier alpha value is -1.68. The van der Waals surface area contributed by atoms with Crippen LogP contribution in [0, 0.1) is 0 Å². The topological polar surface area (TPSA) is 21.8 Å². The highest BCUT2D eigenvalue weighted by atomic mass is 15.3. The summed E-state index contributed by atoms with van der Waals surface area (Å²) in [6, 6.07) is 0.968. The maximum atomic E-state index is 3.84. The van der Waals surface area contributed by atoms with Gasteiger partial charge >= 0.3 is 0 Å². The van der Waals surface area contributed by atoms with Crippen molar-refractivity contribution in [1.29, 1.82) is 0 Å². The van der Waals surface area contributed by atoms with Crippen LogP contribution in [0.5, 0.6) is 0 Å². The standard InChI is InChI=1S/C18H30N4/c1-5-13-22-14-9-17(10-15-22)21(4)18-7-6-11-19-12-8-16(2)20(18)3/h5-8,11-12,16-17,19H,1,9-10,13-15H2,2-4H3/b11-6?,12-8-,18-7+. The Morgan fingerprint density at radius 3 is 2.77 bits per heavy atom. The Kier molecular flexibility index (Phi) is 6.13. The van der Waals surface area contributed by atoms with Gasteiger partial charge in [0.1, 0.15) is 5.82 Å². The average molecular weight is 302 g/mol. The highest BCUT2D eigenvalue weighted by Gasteiger charge is 2.25. The lowest BCUT2D eigenvalue weighted by atomic mass is 10.0. The van der Waals surface area contributed by atoms with Gasteiger partial charge in [-0.2, -0.15) is 0 Å². The van der Waals surface area contributed by atoms with Crippen LogP contribution in [-0.4, -0.2) is 60.5 Å². The van der Waals surface area contributed by atoms with Crippen molar-refractivity contribution in [2.24, 2.45) is 0 Å². The Morgan fingerprint density at radius 2 is 2.09 bits per heavy atom. The summed E-state index contributed by atoms with van der Waals surface area (Å²) in [7, 11) is 4.40. The van der Waals surface area contributed by atoms with Gasteiger partial charge in [-0.25, -0.2) is 0 Å². The average Bonchev–Trinajstić information content (AvgIpc) is 2.60. The van der Waals surface area contributed by atoms with Gasteiger partial charge in [-0.15, -0.1) is 6.58 Å². The number of hydrogen-bond donors (Lipinski definition) is 1. The highest BCUT2D eigenvalue weighted by molar-refractivity contribution is 5.15. The number of likely N-dealkylation sites (N-methyl/N-ethyl adjacent to an activating group) is 1. The Morgan fingerprint density at radius 1 is 1.36 bits per heavy atom. The lowest BCUT2D eigenvalue weighted by molar-refractivity contribution is 0.128. The van der Waals surface area contributed by atoms with Crippen LogP contribution >= 0.6 is 0 Å². The van der Waals surface area contributed by atoms with Gasteiger partial charge in [0.15, 0.2) is 0 Å². The van der Waals surface area contributed by atoms with E-state index >= 15 is 0 Å². The van der Waals surface area contributed by atoms with E-state index in [2.05, 4.69) is 65.8 Å². The summed E-state index contributed by atoms with van der Waals surface area (Å²) in [5, 5.41) is 3.17. The van der Waals surface area contributed by atoms with Crippen LogP contribution in [0.3, 0.4) is 0 Å². The molecule has 0 aromatic carbocycles. The van der Waals surface area contributed by atoms with Crippen LogP contribution in [-0.2, 0) is 0 Å². The van der Waals surface area contributed by atoms with E-state index in [-0.39, 0.29) is 0 Å². The van der Waals surface area contributed by atoms with Crippen molar-refractivity contribution >= 4 is 0 Å². The Labute approximate surface area is 135 Å². The summed E-state index contributed by atoms with van der Waals surface area (Å²) in [6.45, 7) is 9.39. The Bertz CT molecular complexity index is 444. The van der Waals surface area contributed by atoms with Gasteiger partial charge in [0.2, 0.25) is 0 Å². The van der Waals surface area contributed by atoms with Gasteiger partial charge < -0.3 is 15.1 Å². The van der Waals surface area contributed by atoms with Gasteiger partial charge in [-0.1, -0.05) is 6.08 Å². The van der Waals surface area contributed by atoms with Crippen LogP contribution in [0.2, 0.25) is 0 Å². The zero-order chi connectivity index (χ0) is 15.9. The largest absolute Gasteiger partial charge is 0.368 e. The second-order valence-corrected chi connectivity index (χ2v) is 6.19. The summed E-state index contributed by atoms with van der Waals surface area (Å²) < 4.78 is 0. The van der Waals surface area contributed by atoms with Crippen molar-refractivity contribution in [2.45, 2.75) is 31.8 Å². The van der Waals surface area contributed by atoms with Crippen molar-refractivity contribution in [1.82, 2.24) is 20.0 Å². The highest BCUT2D eigenvalue weighted by Crippen LogP contribution is 2.22. The molecule has 2 heterocycles. The summed E-state index contributed by atoms with van der Waals surface area (Å²) in [5.74, 6) is 1.28. The van der Waals surface area contributed by atoms with E-state index in [1.165, 1.54) is 18.7 Å². The fourth-order valence-corrected chi connectivity index (χ4v) is 3.12. The summed E-state index contributed by atoms with van der Waals surface area (Å²) in [6.07, 6.45) is 14.9. The van der Waals surface area contributed by atoms with E-state index in [4.69, 9.17) is 0 Å². The maximum Gasteiger partial charge on any atom is 0.104 e. The van der Waals surface area contributed by atoms with Gasteiger partial charge in [-0.05, 0) is 44.2 Å². The lowest BCUT2D eigenvalue weighted by Gasteiger charge is -2.42. The molecule has 0 radical (unpaired) electrons. The molecular formula is C18H30N4. The molecule has 22 heavy (non-hydrogen) atoms. The zero-order valence-electron chi connectivity index (χ0n) is 14.2. The second kappa shape index (κ2) is 8.08. The molecule has 0 aliphatic carbocycles. The normalized spacial score (nSPS) is 27.9. The SMILES string of the molecule is C=CCN1CCC(N(C)/C2=C/C=CN/C=C\C(C)N2C)CC1. The van der Waals surface area contributed by atoms with Gasteiger partial charge in [0.25, 0.3) is 0 Å². The maximum absolute atomic E-state index is 3.84. The minimum absolute atomic E-state index is 0.363. The molecule has 122 valence electrons. The minimum atomic E-state index is 0.363. The van der Waals surface area contributed by atoms with Crippen molar-refractivity contribution in [3.05, 3.63) is 49.1 Å². The third kappa shape index (κ3) is 4.17. The van der Waals surface area contributed by atoms with Crippen LogP contribution in [0.25, 0.3) is 0 Å².